The third kappa shape index (κ3) is 2.54. The normalized spacial score (nSPS) is 19.9. The summed E-state index contributed by atoms with van der Waals surface area (Å²) in [6, 6.07) is 11.4. The molecule has 4 heteroatoms. The lowest BCUT2D eigenvalue weighted by atomic mass is 9.73. The van der Waals surface area contributed by atoms with Crippen LogP contribution in [0.15, 0.2) is 36.4 Å². The maximum atomic E-state index is 13.3. The number of fused-ring (bicyclic) bond motifs is 1. The van der Waals surface area contributed by atoms with Crippen molar-refractivity contribution in [3.8, 4) is 5.75 Å². The van der Waals surface area contributed by atoms with Crippen LogP contribution in [0.4, 0.5) is 0 Å². The van der Waals surface area contributed by atoms with Crippen LogP contribution in [0.25, 0.3) is 0 Å². The van der Waals surface area contributed by atoms with Crippen LogP contribution in [0.1, 0.15) is 47.7 Å². The number of unbranched alkanes of at least 4 members (excludes halogenated alkanes) is 1. The maximum absolute atomic E-state index is 13.3. The molecule has 0 spiro atoms. The first-order valence-corrected chi connectivity index (χ1v) is 8.57. The van der Waals surface area contributed by atoms with Gasteiger partial charge in [-0.2, -0.15) is 0 Å². The lowest BCUT2D eigenvalue weighted by Gasteiger charge is -2.28. The van der Waals surface area contributed by atoms with Crippen molar-refractivity contribution in [1.29, 1.82) is 0 Å². The molecule has 0 fully saturated rings. The topological polar surface area (TPSA) is 37.3 Å². The Morgan fingerprint density at radius 3 is 2.52 bits per heavy atom. The quantitative estimate of drug-likeness (QED) is 0.784. The van der Waals surface area contributed by atoms with Crippen LogP contribution in [0.3, 0.4) is 0 Å². The van der Waals surface area contributed by atoms with Gasteiger partial charge in [0.25, 0.3) is 0 Å². The van der Waals surface area contributed by atoms with Crippen molar-refractivity contribution in [2.45, 2.75) is 38.0 Å². The van der Waals surface area contributed by atoms with Crippen LogP contribution in [-0.2, 0) is 11.8 Å². The minimum Gasteiger partial charge on any atom is -0.506 e. The number of phenolic OH excluding ortho intramolecular Hbond substituents is 1. The fourth-order valence-corrected chi connectivity index (χ4v) is 3.96. The van der Waals surface area contributed by atoms with Gasteiger partial charge in [0, 0.05) is 5.56 Å². The molecular formula is C19H18Cl2O2. The van der Waals surface area contributed by atoms with E-state index in [0.717, 1.165) is 30.4 Å². The zero-order valence-corrected chi connectivity index (χ0v) is 14.4. The molecule has 3 rings (SSSR count). The molecule has 0 aromatic heterocycles. The van der Waals surface area contributed by atoms with Crippen LogP contribution in [0.2, 0.25) is 10.0 Å². The van der Waals surface area contributed by atoms with Gasteiger partial charge in [0.2, 0.25) is 0 Å². The third-order valence-corrected chi connectivity index (χ3v) is 5.56. The van der Waals surface area contributed by atoms with E-state index in [1.54, 1.807) is 6.07 Å². The number of hydrogen-bond donors (Lipinski definition) is 1. The summed E-state index contributed by atoms with van der Waals surface area (Å²) in [6.45, 7) is 2.11. The van der Waals surface area contributed by atoms with E-state index >= 15 is 0 Å². The van der Waals surface area contributed by atoms with E-state index in [0.29, 0.717) is 12.0 Å². The Kier molecular flexibility index (Phi) is 4.39. The van der Waals surface area contributed by atoms with Gasteiger partial charge in [-0.05, 0) is 30.0 Å². The van der Waals surface area contributed by atoms with E-state index in [2.05, 4.69) is 6.92 Å². The summed E-state index contributed by atoms with van der Waals surface area (Å²) in [5, 5.41) is 10.2. The predicted octanol–water partition coefficient (Wildman–Crippen LogP) is 5.57. The summed E-state index contributed by atoms with van der Waals surface area (Å²) in [7, 11) is 0. The molecule has 0 saturated heterocycles. The second-order valence-electron chi connectivity index (χ2n) is 6.12. The lowest BCUT2D eigenvalue weighted by Crippen LogP contribution is -2.33. The van der Waals surface area contributed by atoms with E-state index < -0.39 is 5.41 Å². The molecule has 120 valence electrons. The molecule has 1 aliphatic carbocycles. The zero-order valence-electron chi connectivity index (χ0n) is 12.9. The van der Waals surface area contributed by atoms with Gasteiger partial charge in [-0.25, -0.2) is 0 Å². The van der Waals surface area contributed by atoms with E-state index in [4.69, 9.17) is 23.2 Å². The van der Waals surface area contributed by atoms with Crippen molar-refractivity contribution in [1.82, 2.24) is 0 Å². The van der Waals surface area contributed by atoms with Crippen LogP contribution in [0.5, 0.6) is 5.75 Å². The molecule has 0 bridgehead atoms. The summed E-state index contributed by atoms with van der Waals surface area (Å²) < 4.78 is 0. The number of benzene rings is 2. The Bertz CT molecular complexity index is 756. The smallest absolute Gasteiger partial charge is 0.175 e. The average Bonchev–Trinajstić information content (AvgIpc) is 2.84. The summed E-state index contributed by atoms with van der Waals surface area (Å²) in [5.41, 5.74) is 1.64. The minimum absolute atomic E-state index is 0.0130. The van der Waals surface area contributed by atoms with Gasteiger partial charge in [0.05, 0.1) is 10.4 Å². The Morgan fingerprint density at radius 1 is 1.17 bits per heavy atom. The third-order valence-electron chi connectivity index (χ3n) is 4.71. The van der Waals surface area contributed by atoms with Gasteiger partial charge in [0.15, 0.2) is 5.78 Å². The highest BCUT2D eigenvalue weighted by atomic mass is 35.5. The fraction of sp³-hybridized carbons (Fsp3) is 0.316. The summed E-state index contributed by atoms with van der Waals surface area (Å²) >= 11 is 12.3. The molecule has 2 aromatic carbocycles. The molecule has 0 aliphatic heterocycles. The molecule has 2 aromatic rings. The van der Waals surface area contributed by atoms with Crippen molar-refractivity contribution in [2.75, 3.05) is 0 Å². The number of carbonyl (C=O) groups is 1. The fourth-order valence-electron chi connectivity index (χ4n) is 3.51. The van der Waals surface area contributed by atoms with E-state index in [9.17, 15) is 9.90 Å². The van der Waals surface area contributed by atoms with Gasteiger partial charge < -0.3 is 5.11 Å². The van der Waals surface area contributed by atoms with E-state index in [-0.39, 0.29) is 21.6 Å². The molecule has 1 atom stereocenters. The summed E-state index contributed by atoms with van der Waals surface area (Å²) in [4.78, 5) is 13.3. The van der Waals surface area contributed by atoms with Crippen molar-refractivity contribution < 1.29 is 9.90 Å². The summed E-state index contributed by atoms with van der Waals surface area (Å²) in [6.07, 6.45) is 3.27. The second-order valence-corrected chi connectivity index (χ2v) is 6.87. The molecule has 1 N–H and O–H groups in total. The molecule has 0 heterocycles. The number of ketones is 1. The van der Waals surface area contributed by atoms with E-state index in [1.165, 1.54) is 0 Å². The Morgan fingerprint density at radius 2 is 1.87 bits per heavy atom. The van der Waals surface area contributed by atoms with Crippen molar-refractivity contribution in [2.24, 2.45) is 0 Å². The molecule has 0 unspecified atom stereocenters. The van der Waals surface area contributed by atoms with Gasteiger partial charge in [0.1, 0.15) is 10.8 Å². The van der Waals surface area contributed by atoms with Crippen LogP contribution in [-0.4, -0.2) is 10.9 Å². The second kappa shape index (κ2) is 6.18. The largest absolute Gasteiger partial charge is 0.506 e. The molecule has 0 saturated carbocycles. The number of halogens is 2. The number of rotatable bonds is 4. The van der Waals surface area contributed by atoms with Crippen LogP contribution >= 0.6 is 23.2 Å². The van der Waals surface area contributed by atoms with Crippen LogP contribution < -0.4 is 0 Å². The highest BCUT2D eigenvalue weighted by Crippen LogP contribution is 2.49. The minimum atomic E-state index is -0.611. The average molecular weight is 349 g/mol. The number of phenols is 1. The Balaban J connectivity index is 2.17. The van der Waals surface area contributed by atoms with Crippen molar-refractivity contribution in [3.05, 3.63) is 63.1 Å². The highest BCUT2D eigenvalue weighted by Gasteiger charge is 2.47. The maximum Gasteiger partial charge on any atom is 0.175 e. The number of Topliss-reactive ketones (excluding diaryl/α,β-unsaturated/α-hetero) is 1. The molecule has 1 aliphatic rings. The Hall–Kier alpha value is -1.51. The number of aromatic hydroxyl groups is 1. The Labute approximate surface area is 146 Å². The SMILES string of the molecule is CCCC[C@]1(c2ccccc2)Cc2cc(O)c(Cl)c(Cl)c2C1=O. The van der Waals surface area contributed by atoms with Gasteiger partial charge in [-0.15, -0.1) is 0 Å². The highest BCUT2D eigenvalue weighted by molar-refractivity contribution is 6.45. The monoisotopic (exact) mass is 348 g/mol. The molecule has 0 radical (unpaired) electrons. The zero-order chi connectivity index (χ0) is 16.6. The van der Waals surface area contributed by atoms with Crippen LogP contribution in [0, 0.1) is 0 Å². The standard InChI is InChI=1S/C19H18Cl2O2/c1-2-3-9-19(13-7-5-4-6-8-13)11-12-10-14(22)16(20)17(21)15(12)18(19)23/h4-8,10,22H,2-3,9,11H2,1H3/t19-/m1/s1. The molecule has 23 heavy (non-hydrogen) atoms. The van der Waals surface area contributed by atoms with Crippen molar-refractivity contribution >= 4 is 29.0 Å². The van der Waals surface area contributed by atoms with Gasteiger partial charge in [-0.3, -0.25) is 4.79 Å². The number of hydrogen-bond acceptors (Lipinski definition) is 2. The number of carbonyl (C=O) groups excluding carboxylic acids is 1. The summed E-state index contributed by atoms with van der Waals surface area (Å²) in [5.74, 6) is -0.0541. The van der Waals surface area contributed by atoms with E-state index in [1.807, 2.05) is 30.3 Å². The first-order chi connectivity index (χ1) is 11.0. The molecular weight excluding hydrogens is 331 g/mol. The van der Waals surface area contributed by atoms with Gasteiger partial charge >= 0.3 is 0 Å². The predicted molar refractivity (Wildman–Crippen MR) is 93.8 cm³/mol. The van der Waals surface area contributed by atoms with Gasteiger partial charge in [-0.1, -0.05) is 73.3 Å². The molecule has 0 amide bonds. The first kappa shape index (κ1) is 16.4. The lowest BCUT2D eigenvalue weighted by molar-refractivity contribution is 0.0892. The van der Waals surface area contributed by atoms with Crippen molar-refractivity contribution in [3.63, 3.8) is 0 Å². The molecule has 2 nitrogen and oxygen atoms in total. The first-order valence-electron chi connectivity index (χ1n) is 7.81.